The molecule has 0 aliphatic rings. The summed E-state index contributed by atoms with van der Waals surface area (Å²) in [7, 11) is 2.12. The summed E-state index contributed by atoms with van der Waals surface area (Å²) in [6.07, 6.45) is 1.91. The van der Waals surface area contributed by atoms with Crippen LogP contribution in [0.4, 0.5) is 0 Å². The summed E-state index contributed by atoms with van der Waals surface area (Å²) in [6, 6.07) is 4.28. The molecule has 0 fully saturated rings. The van der Waals surface area contributed by atoms with Crippen LogP contribution in [0.1, 0.15) is 51.4 Å². The van der Waals surface area contributed by atoms with Crippen LogP contribution in [0.2, 0.25) is 0 Å². The molecule has 0 aliphatic heterocycles. The van der Waals surface area contributed by atoms with Gasteiger partial charge >= 0.3 is 0 Å². The minimum Gasteiger partial charge on any atom is -0.303 e. The highest BCUT2D eigenvalue weighted by Crippen LogP contribution is 2.24. The van der Waals surface area contributed by atoms with Crippen molar-refractivity contribution >= 4 is 0 Å². The number of likely N-dealkylation sites (N-methyl/N-ethyl adjacent to an activating group) is 2. The lowest BCUT2D eigenvalue weighted by Crippen LogP contribution is -2.32. The van der Waals surface area contributed by atoms with Crippen molar-refractivity contribution in [1.82, 2.24) is 14.8 Å². The van der Waals surface area contributed by atoms with Crippen LogP contribution in [0.3, 0.4) is 0 Å². The van der Waals surface area contributed by atoms with E-state index in [1.54, 1.807) is 0 Å². The van der Waals surface area contributed by atoms with E-state index in [1.165, 1.54) is 0 Å². The van der Waals surface area contributed by atoms with Gasteiger partial charge in [-0.15, -0.1) is 0 Å². The maximum Gasteiger partial charge on any atom is 0.101 e. The molecule has 122 valence electrons. The number of rotatable bonds is 7. The zero-order chi connectivity index (χ0) is 16.8. The van der Waals surface area contributed by atoms with E-state index in [9.17, 15) is 5.26 Å². The second-order valence-corrected chi connectivity index (χ2v) is 6.87. The average Bonchev–Trinajstić information content (AvgIpc) is 2.47. The first-order valence-electron chi connectivity index (χ1n) is 8.12. The monoisotopic (exact) mass is 302 g/mol. The number of hydrogen-bond acceptors (Lipinski definition) is 4. The molecular formula is C18H30N4. The topological polar surface area (TPSA) is 43.2 Å². The van der Waals surface area contributed by atoms with Crippen LogP contribution < -0.4 is 0 Å². The van der Waals surface area contributed by atoms with Crippen molar-refractivity contribution in [2.75, 3.05) is 33.2 Å². The molecule has 0 amide bonds. The quantitative estimate of drug-likeness (QED) is 0.776. The first kappa shape index (κ1) is 18.6. The molecule has 0 aromatic carbocycles. The fraction of sp³-hybridized carbons (Fsp3) is 0.667. The van der Waals surface area contributed by atoms with Crippen molar-refractivity contribution in [3.05, 3.63) is 29.1 Å². The van der Waals surface area contributed by atoms with Gasteiger partial charge in [-0.2, -0.15) is 5.26 Å². The van der Waals surface area contributed by atoms with E-state index < -0.39 is 0 Å². The Morgan fingerprint density at radius 3 is 2.32 bits per heavy atom. The van der Waals surface area contributed by atoms with E-state index in [0.717, 1.165) is 44.0 Å². The Bertz CT molecular complexity index is 507. The first-order chi connectivity index (χ1) is 10.3. The standard InChI is InChI=1S/C18H30N4/c1-7-22(8-2)10-9-21(6)14-15-11-16(12-19)17(20-13-15)18(3,4)5/h11,13H,7-10,14H2,1-6H3. The van der Waals surface area contributed by atoms with Crippen LogP contribution in [-0.4, -0.2) is 48.0 Å². The summed E-state index contributed by atoms with van der Waals surface area (Å²) >= 11 is 0. The van der Waals surface area contributed by atoms with Gasteiger partial charge in [-0.1, -0.05) is 34.6 Å². The van der Waals surface area contributed by atoms with Gasteiger partial charge in [-0.05, 0) is 31.8 Å². The van der Waals surface area contributed by atoms with Crippen molar-refractivity contribution in [2.24, 2.45) is 0 Å². The molecule has 0 spiro atoms. The summed E-state index contributed by atoms with van der Waals surface area (Å²) in [5.41, 5.74) is 2.58. The highest BCUT2D eigenvalue weighted by atomic mass is 15.2. The SMILES string of the molecule is CCN(CC)CCN(C)Cc1cnc(C(C)(C)C)c(C#N)c1. The van der Waals surface area contributed by atoms with Crippen molar-refractivity contribution in [3.63, 3.8) is 0 Å². The lowest BCUT2D eigenvalue weighted by atomic mass is 9.88. The summed E-state index contributed by atoms with van der Waals surface area (Å²) in [4.78, 5) is 9.24. The minimum absolute atomic E-state index is 0.0990. The van der Waals surface area contributed by atoms with Gasteiger partial charge in [0, 0.05) is 31.2 Å². The van der Waals surface area contributed by atoms with Gasteiger partial charge in [0.1, 0.15) is 6.07 Å². The zero-order valence-corrected chi connectivity index (χ0v) is 15.0. The molecule has 0 saturated heterocycles. The Morgan fingerprint density at radius 2 is 1.82 bits per heavy atom. The van der Waals surface area contributed by atoms with Gasteiger partial charge in [0.25, 0.3) is 0 Å². The zero-order valence-electron chi connectivity index (χ0n) is 15.0. The third kappa shape index (κ3) is 5.40. The average molecular weight is 302 g/mol. The second-order valence-electron chi connectivity index (χ2n) is 6.87. The normalized spacial score (nSPS) is 12.0. The first-order valence-corrected chi connectivity index (χ1v) is 8.12. The summed E-state index contributed by atoms with van der Waals surface area (Å²) in [6.45, 7) is 15.7. The minimum atomic E-state index is -0.0990. The van der Waals surface area contributed by atoms with Crippen LogP contribution in [0.5, 0.6) is 0 Å². The Kier molecular flexibility index (Phi) is 6.99. The van der Waals surface area contributed by atoms with Gasteiger partial charge in [0.15, 0.2) is 0 Å². The van der Waals surface area contributed by atoms with Gasteiger partial charge in [-0.3, -0.25) is 4.98 Å². The fourth-order valence-electron chi connectivity index (χ4n) is 2.52. The van der Waals surface area contributed by atoms with Crippen molar-refractivity contribution in [1.29, 1.82) is 5.26 Å². The Morgan fingerprint density at radius 1 is 1.18 bits per heavy atom. The molecular weight excluding hydrogens is 272 g/mol. The predicted octanol–water partition coefficient (Wildman–Crippen LogP) is 3.02. The predicted molar refractivity (Wildman–Crippen MR) is 91.8 cm³/mol. The van der Waals surface area contributed by atoms with Crippen LogP contribution in [0, 0.1) is 11.3 Å². The number of aromatic nitrogens is 1. The molecule has 4 heteroatoms. The molecule has 0 atom stereocenters. The molecule has 0 unspecified atom stereocenters. The third-order valence-electron chi connectivity index (χ3n) is 3.92. The molecule has 0 aliphatic carbocycles. The van der Waals surface area contributed by atoms with E-state index in [1.807, 2.05) is 12.3 Å². The Hall–Kier alpha value is -1.44. The molecule has 4 nitrogen and oxygen atoms in total. The second kappa shape index (κ2) is 8.26. The van der Waals surface area contributed by atoms with E-state index in [2.05, 4.69) is 62.5 Å². The largest absolute Gasteiger partial charge is 0.303 e. The molecule has 0 radical (unpaired) electrons. The molecule has 22 heavy (non-hydrogen) atoms. The summed E-state index contributed by atoms with van der Waals surface area (Å²) < 4.78 is 0. The molecule has 0 N–H and O–H groups in total. The molecule has 0 saturated carbocycles. The molecule has 1 rings (SSSR count). The third-order valence-corrected chi connectivity index (χ3v) is 3.92. The van der Waals surface area contributed by atoms with Crippen LogP contribution >= 0.6 is 0 Å². The summed E-state index contributed by atoms with van der Waals surface area (Å²) in [5, 5.41) is 9.37. The lowest BCUT2D eigenvalue weighted by Gasteiger charge is -2.24. The molecule has 1 aromatic heterocycles. The molecule has 0 bridgehead atoms. The highest BCUT2D eigenvalue weighted by molar-refractivity contribution is 5.39. The van der Waals surface area contributed by atoms with Gasteiger partial charge in [0.05, 0.1) is 11.3 Å². The van der Waals surface area contributed by atoms with E-state index >= 15 is 0 Å². The van der Waals surface area contributed by atoms with E-state index in [0.29, 0.717) is 5.56 Å². The smallest absolute Gasteiger partial charge is 0.101 e. The number of pyridine rings is 1. The van der Waals surface area contributed by atoms with Gasteiger partial charge in [0.2, 0.25) is 0 Å². The number of hydrogen-bond donors (Lipinski definition) is 0. The van der Waals surface area contributed by atoms with Crippen LogP contribution in [0.15, 0.2) is 12.3 Å². The maximum atomic E-state index is 9.37. The van der Waals surface area contributed by atoms with Gasteiger partial charge in [-0.25, -0.2) is 0 Å². The van der Waals surface area contributed by atoms with Crippen molar-refractivity contribution < 1.29 is 0 Å². The molecule has 1 aromatic rings. The summed E-state index contributed by atoms with van der Waals surface area (Å²) in [5.74, 6) is 0. The number of nitriles is 1. The van der Waals surface area contributed by atoms with Crippen molar-refractivity contribution in [2.45, 2.75) is 46.6 Å². The lowest BCUT2D eigenvalue weighted by molar-refractivity contribution is 0.236. The van der Waals surface area contributed by atoms with E-state index in [4.69, 9.17) is 0 Å². The van der Waals surface area contributed by atoms with Crippen LogP contribution in [0.25, 0.3) is 0 Å². The number of nitrogens with zero attached hydrogens (tertiary/aromatic N) is 4. The van der Waals surface area contributed by atoms with Crippen LogP contribution in [-0.2, 0) is 12.0 Å². The highest BCUT2D eigenvalue weighted by Gasteiger charge is 2.20. The fourth-order valence-corrected chi connectivity index (χ4v) is 2.52. The van der Waals surface area contributed by atoms with E-state index in [-0.39, 0.29) is 5.41 Å². The van der Waals surface area contributed by atoms with Gasteiger partial charge < -0.3 is 9.80 Å². The van der Waals surface area contributed by atoms with Crippen molar-refractivity contribution in [3.8, 4) is 6.07 Å². The maximum absolute atomic E-state index is 9.37. The molecule has 1 heterocycles. The Labute approximate surface area is 135 Å². The Balaban J connectivity index is 2.73.